The third kappa shape index (κ3) is 3.57. The fourth-order valence-electron chi connectivity index (χ4n) is 2.42. The van der Waals surface area contributed by atoms with Crippen molar-refractivity contribution in [1.82, 2.24) is 20.3 Å². The van der Waals surface area contributed by atoms with Crippen molar-refractivity contribution in [2.45, 2.75) is 20.4 Å². The Morgan fingerprint density at radius 3 is 2.65 bits per heavy atom. The van der Waals surface area contributed by atoms with E-state index in [0.29, 0.717) is 16.4 Å². The Morgan fingerprint density at radius 2 is 1.96 bits per heavy atom. The monoisotopic (exact) mass is 376 g/mol. The Hall–Kier alpha value is -2.80. The number of rotatable bonds is 4. The van der Waals surface area contributed by atoms with Gasteiger partial charge in [0, 0.05) is 23.2 Å². The third-order valence-corrected chi connectivity index (χ3v) is 4.37. The lowest BCUT2D eigenvalue weighted by Gasteiger charge is -2.07. The van der Waals surface area contributed by atoms with Crippen molar-refractivity contribution >= 4 is 17.5 Å². The Balaban J connectivity index is 1.78. The van der Waals surface area contributed by atoms with Crippen LogP contribution in [0.15, 0.2) is 36.4 Å². The number of nitrogens with zero attached hydrogens (tertiary/aromatic N) is 3. The first kappa shape index (κ1) is 18.0. The smallest absolute Gasteiger partial charge is 0.274 e. The molecule has 0 fully saturated rings. The summed E-state index contributed by atoms with van der Waals surface area (Å²) < 4.78 is 28.1. The maximum Gasteiger partial charge on any atom is 0.274 e. The van der Waals surface area contributed by atoms with Crippen LogP contribution in [0.25, 0.3) is 5.69 Å². The third-order valence-electron chi connectivity index (χ3n) is 3.96. The molecular formula is C18H15ClF2N4O. The minimum absolute atomic E-state index is 0.0897. The van der Waals surface area contributed by atoms with Gasteiger partial charge in [-0.1, -0.05) is 28.9 Å². The van der Waals surface area contributed by atoms with Gasteiger partial charge in [0.2, 0.25) is 0 Å². The standard InChI is InChI=1S/C18H15ClF2N4O/c1-10-3-6-14(8-15(10)19)25-11(2)17(23-24-25)18(26)22-9-12-4-5-13(20)7-16(12)21/h3-8H,9H2,1-2H3,(H,22,26). The minimum Gasteiger partial charge on any atom is -0.346 e. The van der Waals surface area contributed by atoms with Crippen molar-refractivity contribution in [3.05, 3.63) is 75.6 Å². The lowest BCUT2D eigenvalue weighted by Crippen LogP contribution is -2.24. The van der Waals surface area contributed by atoms with E-state index in [1.807, 2.05) is 19.1 Å². The highest BCUT2D eigenvalue weighted by Crippen LogP contribution is 2.20. The highest BCUT2D eigenvalue weighted by Gasteiger charge is 2.18. The molecule has 1 N–H and O–H groups in total. The SMILES string of the molecule is Cc1ccc(-n2nnc(C(=O)NCc3ccc(F)cc3F)c2C)cc1Cl. The van der Waals surface area contributed by atoms with Gasteiger partial charge >= 0.3 is 0 Å². The van der Waals surface area contributed by atoms with Crippen LogP contribution in [0, 0.1) is 25.5 Å². The van der Waals surface area contributed by atoms with Crippen LogP contribution in [-0.4, -0.2) is 20.9 Å². The highest BCUT2D eigenvalue weighted by molar-refractivity contribution is 6.31. The maximum absolute atomic E-state index is 13.6. The van der Waals surface area contributed by atoms with Crippen LogP contribution in [0.2, 0.25) is 5.02 Å². The first-order valence-corrected chi connectivity index (χ1v) is 8.15. The molecule has 0 unspecified atom stereocenters. The highest BCUT2D eigenvalue weighted by atomic mass is 35.5. The zero-order valence-corrected chi connectivity index (χ0v) is 14.8. The van der Waals surface area contributed by atoms with E-state index in [0.717, 1.165) is 17.7 Å². The molecule has 3 rings (SSSR count). The van der Waals surface area contributed by atoms with Gasteiger partial charge in [0.25, 0.3) is 5.91 Å². The van der Waals surface area contributed by atoms with Crippen molar-refractivity contribution in [1.29, 1.82) is 0 Å². The molecule has 1 amide bonds. The summed E-state index contributed by atoms with van der Waals surface area (Å²) in [6, 6.07) is 8.57. The topological polar surface area (TPSA) is 59.8 Å². The number of halogens is 3. The van der Waals surface area contributed by atoms with E-state index in [-0.39, 0.29) is 17.8 Å². The fraction of sp³-hybridized carbons (Fsp3) is 0.167. The van der Waals surface area contributed by atoms with Crippen molar-refractivity contribution in [2.75, 3.05) is 0 Å². The van der Waals surface area contributed by atoms with Gasteiger partial charge in [-0.25, -0.2) is 13.5 Å². The predicted molar refractivity (Wildman–Crippen MR) is 93.4 cm³/mol. The van der Waals surface area contributed by atoms with Gasteiger partial charge in [0.1, 0.15) is 11.6 Å². The second kappa shape index (κ2) is 7.21. The molecule has 3 aromatic rings. The number of carbonyl (C=O) groups is 1. The van der Waals surface area contributed by atoms with Gasteiger partial charge in [0.15, 0.2) is 5.69 Å². The van der Waals surface area contributed by atoms with Crippen LogP contribution >= 0.6 is 11.6 Å². The molecule has 0 atom stereocenters. The van der Waals surface area contributed by atoms with Gasteiger partial charge in [-0.05, 0) is 37.6 Å². The van der Waals surface area contributed by atoms with Crippen molar-refractivity contribution < 1.29 is 13.6 Å². The molecule has 0 spiro atoms. The molecule has 0 radical (unpaired) electrons. The molecular weight excluding hydrogens is 362 g/mol. The average Bonchev–Trinajstić information content (AvgIpc) is 2.98. The van der Waals surface area contributed by atoms with E-state index >= 15 is 0 Å². The molecule has 1 heterocycles. The molecule has 134 valence electrons. The summed E-state index contributed by atoms with van der Waals surface area (Å²) in [6.07, 6.45) is 0. The molecule has 0 saturated heterocycles. The number of benzene rings is 2. The normalized spacial score (nSPS) is 10.8. The molecule has 8 heteroatoms. The minimum atomic E-state index is -0.722. The van der Waals surface area contributed by atoms with Crippen molar-refractivity contribution in [3.63, 3.8) is 0 Å². The van der Waals surface area contributed by atoms with E-state index < -0.39 is 17.5 Å². The van der Waals surface area contributed by atoms with Gasteiger partial charge in [0.05, 0.1) is 11.4 Å². The van der Waals surface area contributed by atoms with Gasteiger partial charge in [-0.3, -0.25) is 4.79 Å². The van der Waals surface area contributed by atoms with E-state index in [2.05, 4.69) is 15.6 Å². The summed E-state index contributed by atoms with van der Waals surface area (Å²) in [5.41, 5.74) is 2.41. The van der Waals surface area contributed by atoms with Gasteiger partial charge < -0.3 is 5.32 Å². The largest absolute Gasteiger partial charge is 0.346 e. The molecule has 2 aromatic carbocycles. The molecule has 0 aliphatic carbocycles. The first-order chi connectivity index (χ1) is 12.4. The lowest BCUT2D eigenvalue weighted by atomic mass is 10.2. The van der Waals surface area contributed by atoms with Gasteiger partial charge in [-0.2, -0.15) is 0 Å². The Labute approximate surface area is 153 Å². The quantitative estimate of drug-likeness (QED) is 0.754. The zero-order valence-electron chi connectivity index (χ0n) is 14.1. The van der Waals surface area contributed by atoms with Crippen LogP contribution in [0.4, 0.5) is 8.78 Å². The molecule has 1 aromatic heterocycles. The maximum atomic E-state index is 13.6. The van der Waals surface area contributed by atoms with Crippen LogP contribution < -0.4 is 5.32 Å². The van der Waals surface area contributed by atoms with E-state index in [1.165, 1.54) is 10.7 Å². The Bertz CT molecular complexity index is 987. The number of hydrogen-bond donors (Lipinski definition) is 1. The second-order valence-electron chi connectivity index (χ2n) is 5.79. The van der Waals surface area contributed by atoms with Crippen LogP contribution in [0.5, 0.6) is 0 Å². The fourth-order valence-corrected chi connectivity index (χ4v) is 2.60. The molecule has 0 aliphatic heterocycles. The predicted octanol–water partition coefficient (Wildman–Crippen LogP) is 3.75. The molecule has 0 saturated carbocycles. The van der Waals surface area contributed by atoms with Crippen LogP contribution in [-0.2, 0) is 6.54 Å². The Morgan fingerprint density at radius 1 is 1.19 bits per heavy atom. The first-order valence-electron chi connectivity index (χ1n) is 7.78. The number of hydrogen-bond acceptors (Lipinski definition) is 3. The average molecular weight is 377 g/mol. The van der Waals surface area contributed by atoms with E-state index in [1.54, 1.807) is 13.0 Å². The van der Waals surface area contributed by atoms with Crippen LogP contribution in [0.1, 0.15) is 27.3 Å². The summed E-state index contributed by atoms with van der Waals surface area (Å²) in [6.45, 7) is 3.49. The van der Waals surface area contributed by atoms with Crippen LogP contribution in [0.3, 0.4) is 0 Å². The molecule has 5 nitrogen and oxygen atoms in total. The van der Waals surface area contributed by atoms with Crippen molar-refractivity contribution in [2.24, 2.45) is 0 Å². The summed E-state index contributed by atoms with van der Waals surface area (Å²) in [7, 11) is 0. The summed E-state index contributed by atoms with van der Waals surface area (Å²) in [5.74, 6) is -1.90. The van der Waals surface area contributed by atoms with Gasteiger partial charge in [-0.15, -0.1) is 5.10 Å². The van der Waals surface area contributed by atoms with E-state index in [9.17, 15) is 13.6 Å². The summed E-state index contributed by atoms with van der Waals surface area (Å²) >= 11 is 6.13. The zero-order chi connectivity index (χ0) is 18.8. The lowest BCUT2D eigenvalue weighted by molar-refractivity contribution is 0.0945. The summed E-state index contributed by atoms with van der Waals surface area (Å²) in [4.78, 5) is 12.3. The number of carbonyl (C=O) groups excluding carboxylic acids is 1. The molecule has 0 bridgehead atoms. The second-order valence-corrected chi connectivity index (χ2v) is 6.19. The van der Waals surface area contributed by atoms with Crippen molar-refractivity contribution in [3.8, 4) is 5.69 Å². The number of aryl methyl sites for hydroxylation is 1. The Kier molecular flexibility index (Phi) is 4.99. The summed E-state index contributed by atoms with van der Waals surface area (Å²) in [5, 5.41) is 11.0. The molecule has 26 heavy (non-hydrogen) atoms. The molecule has 0 aliphatic rings. The van der Waals surface area contributed by atoms with E-state index in [4.69, 9.17) is 11.6 Å². The number of aromatic nitrogens is 3. The number of nitrogens with one attached hydrogen (secondary N) is 1. The number of amides is 1.